The Bertz CT molecular complexity index is 329. The van der Waals surface area contributed by atoms with Crippen LogP contribution in [0, 0.1) is 0 Å². The van der Waals surface area contributed by atoms with Crippen molar-refractivity contribution >= 4 is 5.82 Å². The van der Waals surface area contributed by atoms with Crippen molar-refractivity contribution in [3.63, 3.8) is 0 Å². The molecule has 0 atom stereocenters. The lowest BCUT2D eigenvalue weighted by atomic mass is 9.94. The van der Waals surface area contributed by atoms with Gasteiger partial charge in [-0.2, -0.15) is 5.10 Å². The molecule has 1 saturated heterocycles. The molecule has 0 bridgehead atoms. The number of anilines is 1. The second-order valence-corrected chi connectivity index (χ2v) is 4.64. The molecule has 5 heteroatoms. The molecule has 17 heavy (non-hydrogen) atoms. The van der Waals surface area contributed by atoms with E-state index in [1.54, 1.807) is 0 Å². The van der Waals surface area contributed by atoms with E-state index >= 15 is 0 Å². The van der Waals surface area contributed by atoms with Gasteiger partial charge >= 0.3 is 0 Å². The molecule has 1 aromatic heterocycles. The lowest BCUT2D eigenvalue weighted by molar-refractivity contribution is 0.253. The van der Waals surface area contributed by atoms with Crippen molar-refractivity contribution in [2.75, 3.05) is 38.5 Å². The van der Waals surface area contributed by atoms with Crippen molar-refractivity contribution in [2.45, 2.75) is 18.8 Å². The van der Waals surface area contributed by atoms with Gasteiger partial charge in [0.2, 0.25) is 0 Å². The van der Waals surface area contributed by atoms with Gasteiger partial charge in [-0.3, -0.25) is 0 Å². The maximum atomic E-state index is 5.42. The van der Waals surface area contributed by atoms with Crippen LogP contribution >= 0.6 is 0 Å². The van der Waals surface area contributed by atoms with Crippen LogP contribution in [-0.4, -0.2) is 48.3 Å². The van der Waals surface area contributed by atoms with E-state index in [4.69, 9.17) is 5.73 Å². The number of aromatic nitrogens is 2. The summed E-state index contributed by atoms with van der Waals surface area (Å²) in [4.78, 5) is 2.36. The third-order valence-corrected chi connectivity index (χ3v) is 3.27. The van der Waals surface area contributed by atoms with E-state index in [-0.39, 0.29) is 0 Å². The molecule has 0 aliphatic carbocycles. The number of nitrogens with zero attached hydrogens (tertiary/aromatic N) is 3. The number of nitrogens with one attached hydrogen (secondary N) is 1. The number of piperidine rings is 1. The molecule has 1 aliphatic heterocycles. The van der Waals surface area contributed by atoms with Crippen molar-refractivity contribution in [2.24, 2.45) is 5.73 Å². The van der Waals surface area contributed by atoms with Gasteiger partial charge in [0.05, 0.1) is 5.69 Å². The first-order valence-electron chi connectivity index (χ1n) is 6.25. The van der Waals surface area contributed by atoms with Crippen LogP contribution in [-0.2, 0) is 0 Å². The Morgan fingerprint density at radius 3 is 2.71 bits per heavy atom. The Morgan fingerprint density at radius 1 is 1.35 bits per heavy atom. The summed E-state index contributed by atoms with van der Waals surface area (Å²) in [5.74, 6) is 1.38. The second-order valence-electron chi connectivity index (χ2n) is 4.64. The highest BCUT2D eigenvalue weighted by atomic mass is 15.2. The maximum Gasteiger partial charge on any atom is 0.148 e. The van der Waals surface area contributed by atoms with Gasteiger partial charge in [0.25, 0.3) is 0 Å². The van der Waals surface area contributed by atoms with Gasteiger partial charge in [-0.15, -0.1) is 5.10 Å². The van der Waals surface area contributed by atoms with Gasteiger partial charge in [-0.1, -0.05) is 0 Å². The summed E-state index contributed by atoms with van der Waals surface area (Å²) in [5.41, 5.74) is 6.54. The van der Waals surface area contributed by atoms with E-state index in [0.717, 1.165) is 31.1 Å². The highest BCUT2D eigenvalue weighted by molar-refractivity contribution is 5.33. The van der Waals surface area contributed by atoms with E-state index in [0.29, 0.717) is 12.5 Å². The fourth-order valence-corrected chi connectivity index (χ4v) is 2.16. The summed E-state index contributed by atoms with van der Waals surface area (Å²) < 4.78 is 0. The fraction of sp³-hybridized carbons (Fsp3) is 0.667. The van der Waals surface area contributed by atoms with Crippen LogP contribution in [0.2, 0.25) is 0 Å². The van der Waals surface area contributed by atoms with Crippen molar-refractivity contribution in [1.82, 2.24) is 15.1 Å². The SMILES string of the molecule is CN1CCC(c2ccc(NCCN)nn2)CC1. The molecule has 94 valence electrons. The minimum atomic E-state index is 0.572. The summed E-state index contributed by atoms with van der Waals surface area (Å²) in [6.45, 7) is 3.65. The van der Waals surface area contributed by atoms with E-state index in [1.807, 2.05) is 6.07 Å². The Kier molecular flexibility index (Phi) is 4.28. The van der Waals surface area contributed by atoms with E-state index < -0.39 is 0 Å². The molecule has 0 radical (unpaired) electrons. The average Bonchev–Trinajstić information content (AvgIpc) is 2.38. The molecule has 0 saturated carbocycles. The molecule has 1 aromatic rings. The Balaban J connectivity index is 1.93. The van der Waals surface area contributed by atoms with Gasteiger partial charge in [0.15, 0.2) is 0 Å². The van der Waals surface area contributed by atoms with Crippen LogP contribution in [0.15, 0.2) is 12.1 Å². The Labute approximate surface area is 102 Å². The molecule has 1 aliphatic rings. The maximum absolute atomic E-state index is 5.42. The quantitative estimate of drug-likeness (QED) is 0.802. The summed E-state index contributed by atoms with van der Waals surface area (Å²) in [6.07, 6.45) is 2.36. The summed E-state index contributed by atoms with van der Waals surface area (Å²) >= 11 is 0. The molecule has 0 unspecified atom stereocenters. The lowest BCUT2D eigenvalue weighted by Crippen LogP contribution is -2.29. The second kappa shape index (κ2) is 5.93. The van der Waals surface area contributed by atoms with Gasteiger partial charge in [-0.25, -0.2) is 0 Å². The number of likely N-dealkylation sites (tertiary alicyclic amines) is 1. The van der Waals surface area contributed by atoms with E-state index in [1.165, 1.54) is 12.8 Å². The number of hydrogen-bond acceptors (Lipinski definition) is 5. The molecule has 5 nitrogen and oxygen atoms in total. The molecule has 2 rings (SSSR count). The van der Waals surface area contributed by atoms with Crippen molar-refractivity contribution in [1.29, 1.82) is 0 Å². The molecule has 0 amide bonds. The fourth-order valence-electron chi connectivity index (χ4n) is 2.16. The Morgan fingerprint density at radius 2 is 2.12 bits per heavy atom. The number of nitrogens with two attached hydrogens (primary N) is 1. The number of hydrogen-bond donors (Lipinski definition) is 2. The van der Waals surface area contributed by atoms with Gasteiger partial charge < -0.3 is 16.0 Å². The molecular formula is C12H21N5. The monoisotopic (exact) mass is 235 g/mol. The standard InChI is InChI=1S/C12H21N5/c1-17-8-4-10(5-9-17)11-2-3-12(16-15-11)14-7-6-13/h2-3,10H,4-9,13H2,1H3,(H,14,16). The zero-order valence-electron chi connectivity index (χ0n) is 10.4. The third-order valence-electron chi connectivity index (χ3n) is 3.27. The van der Waals surface area contributed by atoms with Crippen LogP contribution in [0.5, 0.6) is 0 Å². The first kappa shape index (κ1) is 12.3. The highest BCUT2D eigenvalue weighted by Gasteiger charge is 2.19. The van der Waals surface area contributed by atoms with Crippen LogP contribution in [0.25, 0.3) is 0 Å². The average molecular weight is 235 g/mol. The van der Waals surface area contributed by atoms with Crippen molar-refractivity contribution < 1.29 is 0 Å². The van der Waals surface area contributed by atoms with Gasteiger partial charge in [0.1, 0.15) is 5.82 Å². The summed E-state index contributed by atoms with van der Waals surface area (Å²) in [6, 6.07) is 4.08. The first-order chi connectivity index (χ1) is 8.29. The highest BCUT2D eigenvalue weighted by Crippen LogP contribution is 2.25. The van der Waals surface area contributed by atoms with Crippen molar-refractivity contribution in [3.8, 4) is 0 Å². The predicted octanol–water partition coefficient (Wildman–Crippen LogP) is 0.656. The van der Waals surface area contributed by atoms with Crippen LogP contribution in [0.3, 0.4) is 0 Å². The smallest absolute Gasteiger partial charge is 0.148 e. The number of rotatable bonds is 4. The zero-order valence-corrected chi connectivity index (χ0v) is 10.4. The van der Waals surface area contributed by atoms with Crippen LogP contribution < -0.4 is 11.1 Å². The molecule has 1 fully saturated rings. The molecule has 0 aromatic carbocycles. The minimum Gasteiger partial charge on any atom is -0.367 e. The minimum absolute atomic E-state index is 0.572. The Hall–Kier alpha value is -1.20. The normalized spacial score (nSPS) is 18.2. The van der Waals surface area contributed by atoms with Crippen LogP contribution in [0.1, 0.15) is 24.5 Å². The van der Waals surface area contributed by atoms with E-state index in [2.05, 4.69) is 33.5 Å². The molecule has 0 spiro atoms. The summed E-state index contributed by atoms with van der Waals surface area (Å²) in [7, 11) is 2.17. The zero-order chi connectivity index (χ0) is 12.1. The third kappa shape index (κ3) is 3.38. The lowest BCUT2D eigenvalue weighted by Gasteiger charge is -2.28. The van der Waals surface area contributed by atoms with Gasteiger partial charge in [0, 0.05) is 19.0 Å². The molecular weight excluding hydrogens is 214 g/mol. The largest absolute Gasteiger partial charge is 0.367 e. The summed E-state index contributed by atoms with van der Waals surface area (Å²) in [5, 5.41) is 11.6. The molecule has 3 N–H and O–H groups in total. The topological polar surface area (TPSA) is 67.1 Å². The van der Waals surface area contributed by atoms with E-state index in [9.17, 15) is 0 Å². The predicted molar refractivity (Wildman–Crippen MR) is 69.0 cm³/mol. The van der Waals surface area contributed by atoms with Crippen molar-refractivity contribution in [3.05, 3.63) is 17.8 Å². The van der Waals surface area contributed by atoms with Crippen LogP contribution in [0.4, 0.5) is 5.82 Å². The first-order valence-corrected chi connectivity index (χ1v) is 6.25. The van der Waals surface area contributed by atoms with Gasteiger partial charge in [-0.05, 0) is 45.1 Å². The molecule has 2 heterocycles.